The molecule has 0 aliphatic carbocycles. The van der Waals surface area contributed by atoms with Crippen LogP contribution in [0, 0.1) is 5.41 Å². The van der Waals surface area contributed by atoms with Gasteiger partial charge in [0.15, 0.2) is 0 Å². The second-order valence-electron chi connectivity index (χ2n) is 7.67. The van der Waals surface area contributed by atoms with Crippen molar-refractivity contribution in [3.8, 4) is 0 Å². The summed E-state index contributed by atoms with van der Waals surface area (Å²) in [6.45, 7) is 11.3. The van der Waals surface area contributed by atoms with Crippen LogP contribution in [0.4, 0.5) is 0 Å². The summed E-state index contributed by atoms with van der Waals surface area (Å²) in [5, 5.41) is 10.1. The predicted octanol–water partition coefficient (Wildman–Crippen LogP) is 0.733. The first kappa shape index (κ1) is 18.6. The summed E-state index contributed by atoms with van der Waals surface area (Å²) in [5.41, 5.74) is -0.322. The van der Waals surface area contributed by atoms with E-state index in [0.717, 1.165) is 45.6 Å². The molecule has 134 valence electrons. The zero-order valence-electron chi connectivity index (χ0n) is 14.8. The van der Waals surface area contributed by atoms with Crippen molar-refractivity contribution in [2.24, 2.45) is 5.41 Å². The summed E-state index contributed by atoms with van der Waals surface area (Å²) in [5.74, 6) is 0.206. The molecule has 2 atom stereocenters. The van der Waals surface area contributed by atoms with E-state index < -0.39 is 6.10 Å². The number of amides is 1. The summed E-state index contributed by atoms with van der Waals surface area (Å²) >= 11 is 0. The van der Waals surface area contributed by atoms with Crippen molar-refractivity contribution < 1.29 is 19.4 Å². The number of hydrogen-bond donors (Lipinski definition) is 1. The number of rotatable bonds is 6. The molecule has 2 unspecified atom stereocenters. The highest BCUT2D eigenvalue weighted by Gasteiger charge is 2.30. The van der Waals surface area contributed by atoms with Gasteiger partial charge in [-0.15, -0.1) is 0 Å². The Morgan fingerprint density at radius 2 is 2.00 bits per heavy atom. The minimum atomic E-state index is -0.485. The lowest BCUT2D eigenvalue weighted by Crippen LogP contribution is -2.53. The van der Waals surface area contributed by atoms with Crippen LogP contribution in [-0.4, -0.2) is 85.6 Å². The zero-order chi connectivity index (χ0) is 16.9. The van der Waals surface area contributed by atoms with E-state index in [1.54, 1.807) is 0 Å². The van der Waals surface area contributed by atoms with Crippen LogP contribution >= 0.6 is 0 Å². The highest BCUT2D eigenvalue weighted by atomic mass is 16.5. The third-order valence-corrected chi connectivity index (χ3v) is 4.41. The Hall–Kier alpha value is -0.690. The monoisotopic (exact) mass is 328 g/mol. The number of nitrogens with zero attached hydrogens (tertiary/aromatic N) is 2. The molecule has 0 spiro atoms. The fourth-order valence-corrected chi connectivity index (χ4v) is 3.07. The molecule has 0 aromatic heterocycles. The fourth-order valence-electron chi connectivity index (χ4n) is 3.07. The number of carbonyl (C=O) groups excluding carboxylic acids is 1. The summed E-state index contributed by atoms with van der Waals surface area (Å²) in [6, 6.07) is 0. The van der Waals surface area contributed by atoms with E-state index in [2.05, 4.69) is 4.90 Å². The van der Waals surface area contributed by atoms with Crippen LogP contribution in [0.2, 0.25) is 0 Å². The predicted molar refractivity (Wildman–Crippen MR) is 88.3 cm³/mol. The molecule has 1 amide bonds. The molecule has 0 saturated carbocycles. The molecule has 6 nitrogen and oxygen atoms in total. The lowest BCUT2D eigenvalue weighted by atomic mass is 9.94. The van der Waals surface area contributed by atoms with Crippen molar-refractivity contribution in [1.29, 1.82) is 0 Å². The molecule has 2 heterocycles. The highest BCUT2D eigenvalue weighted by Crippen LogP contribution is 2.18. The molecule has 6 heteroatoms. The second kappa shape index (κ2) is 8.42. The molecule has 0 bridgehead atoms. The van der Waals surface area contributed by atoms with Gasteiger partial charge in [0.2, 0.25) is 5.91 Å². The molecule has 2 rings (SSSR count). The number of aliphatic hydroxyl groups is 1. The van der Waals surface area contributed by atoms with Crippen LogP contribution in [0.15, 0.2) is 0 Å². The van der Waals surface area contributed by atoms with Gasteiger partial charge in [-0.05, 0) is 12.8 Å². The summed E-state index contributed by atoms with van der Waals surface area (Å²) < 4.78 is 11.1. The average molecular weight is 328 g/mol. The number of carbonyl (C=O) groups is 1. The number of ether oxygens (including phenoxy) is 2. The van der Waals surface area contributed by atoms with E-state index in [9.17, 15) is 9.90 Å². The van der Waals surface area contributed by atoms with E-state index in [0.29, 0.717) is 19.8 Å². The van der Waals surface area contributed by atoms with Crippen molar-refractivity contribution in [2.75, 3.05) is 52.5 Å². The van der Waals surface area contributed by atoms with Gasteiger partial charge in [0.05, 0.1) is 25.4 Å². The average Bonchev–Trinajstić information content (AvgIpc) is 2.99. The maximum Gasteiger partial charge on any atom is 0.228 e. The van der Waals surface area contributed by atoms with Gasteiger partial charge >= 0.3 is 0 Å². The van der Waals surface area contributed by atoms with Crippen molar-refractivity contribution in [3.05, 3.63) is 0 Å². The first-order valence-electron chi connectivity index (χ1n) is 8.75. The Morgan fingerprint density at radius 3 is 2.57 bits per heavy atom. The topological polar surface area (TPSA) is 62.2 Å². The lowest BCUT2D eigenvalue weighted by Gasteiger charge is -2.38. The standard InChI is InChI=1S/C17H32N2O4/c1-17(2,3)16(21)19-8-6-18(7-9-19)11-14(20)12-22-13-15-5-4-10-23-15/h14-15,20H,4-13H2,1-3H3. The molecule has 2 aliphatic rings. The molecule has 0 aromatic carbocycles. The normalized spacial score (nSPS) is 24.9. The van der Waals surface area contributed by atoms with E-state index in [1.807, 2.05) is 25.7 Å². The smallest absolute Gasteiger partial charge is 0.228 e. The van der Waals surface area contributed by atoms with Crippen LogP contribution < -0.4 is 0 Å². The summed E-state index contributed by atoms with van der Waals surface area (Å²) in [7, 11) is 0. The minimum absolute atomic E-state index is 0.203. The Balaban J connectivity index is 1.60. The quantitative estimate of drug-likeness (QED) is 0.779. The van der Waals surface area contributed by atoms with Crippen LogP contribution in [0.5, 0.6) is 0 Å². The van der Waals surface area contributed by atoms with Crippen LogP contribution in [0.3, 0.4) is 0 Å². The van der Waals surface area contributed by atoms with Crippen molar-refractivity contribution in [3.63, 3.8) is 0 Å². The summed E-state index contributed by atoms with van der Waals surface area (Å²) in [4.78, 5) is 16.4. The number of piperazine rings is 1. The van der Waals surface area contributed by atoms with Gasteiger partial charge in [-0.1, -0.05) is 20.8 Å². The lowest BCUT2D eigenvalue weighted by molar-refractivity contribution is -0.141. The largest absolute Gasteiger partial charge is 0.389 e. The van der Waals surface area contributed by atoms with Gasteiger partial charge < -0.3 is 19.5 Å². The Bertz CT molecular complexity index is 369. The van der Waals surface area contributed by atoms with Crippen LogP contribution in [0.25, 0.3) is 0 Å². The van der Waals surface area contributed by atoms with Gasteiger partial charge in [0, 0.05) is 44.7 Å². The van der Waals surface area contributed by atoms with E-state index in [1.165, 1.54) is 0 Å². The molecule has 0 radical (unpaired) electrons. The van der Waals surface area contributed by atoms with Gasteiger partial charge in [-0.3, -0.25) is 9.69 Å². The van der Waals surface area contributed by atoms with Gasteiger partial charge in [0.1, 0.15) is 0 Å². The first-order chi connectivity index (χ1) is 10.9. The fraction of sp³-hybridized carbons (Fsp3) is 0.941. The molecule has 0 aromatic rings. The zero-order valence-corrected chi connectivity index (χ0v) is 14.8. The Labute approximate surface area is 139 Å². The molecular formula is C17H32N2O4. The molecule has 2 saturated heterocycles. The minimum Gasteiger partial charge on any atom is -0.389 e. The molecule has 23 heavy (non-hydrogen) atoms. The first-order valence-corrected chi connectivity index (χ1v) is 8.75. The van der Waals surface area contributed by atoms with Crippen molar-refractivity contribution >= 4 is 5.91 Å². The Morgan fingerprint density at radius 1 is 1.30 bits per heavy atom. The van der Waals surface area contributed by atoms with Gasteiger partial charge in [-0.25, -0.2) is 0 Å². The SMILES string of the molecule is CC(C)(C)C(=O)N1CCN(CC(O)COCC2CCCO2)CC1. The van der Waals surface area contributed by atoms with E-state index in [-0.39, 0.29) is 17.4 Å². The maximum absolute atomic E-state index is 12.2. The van der Waals surface area contributed by atoms with Crippen molar-refractivity contribution in [1.82, 2.24) is 9.80 Å². The van der Waals surface area contributed by atoms with E-state index in [4.69, 9.17) is 9.47 Å². The third kappa shape index (κ3) is 6.03. The Kier molecular flexibility index (Phi) is 6.83. The number of aliphatic hydroxyl groups excluding tert-OH is 1. The van der Waals surface area contributed by atoms with Crippen LogP contribution in [0.1, 0.15) is 33.6 Å². The van der Waals surface area contributed by atoms with E-state index >= 15 is 0 Å². The highest BCUT2D eigenvalue weighted by molar-refractivity contribution is 5.81. The molecule has 2 fully saturated rings. The second-order valence-corrected chi connectivity index (χ2v) is 7.67. The summed E-state index contributed by atoms with van der Waals surface area (Å²) in [6.07, 6.45) is 1.88. The van der Waals surface area contributed by atoms with Gasteiger partial charge in [0.25, 0.3) is 0 Å². The number of hydrogen-bond acceptors (Lipinski definition) is 5. The maximum atomic E-state index is 12.2. The molecular weight excluding hydrogens is 296 g/mol. The third-order valence-electron chi connectivity index (χ3n) is 4.41. The van der Waals surface area contributed by atoms with Gasteiger partial charge in [-0.2, -0.15) is 0 Å². The van der Waals surface area contributed by atoms with Crippen LogP contribution in [-0.2, 0) is 14.3 Å². The molecule has 1 N–H and O–H groups in total. The molecule has 2 aliphatic heterocycles. The number of β-amino-alcohol motifs (C(OH)–C–C–N with tert-alkyl or cyclic N) is 1. The van der Waals surface area contributed by atoms with Crippen molar-refractivity contribution in [2.45, 2.75) is 45.8 Å².